The van der Waals surface area contributed by atoms with Crippen LogP contribution in [0.5, 0.6) is 0 Å². The van der Waals surface area contributed by atoms with Gasteiger partial charge in [-0.3, -0.25) is 5.84 Å². The Balaban J connectivity index is 3.08. The minimum atomic E-state index is -2.49. The molecule has 0 aliphatic rings. The van der Waals surface area contributed by atoms with Crippen LogP contribution in [0.3, 0.4) is 0 Å². The van der Waals surface area contributed by atoms with E-state index in [4.69, 9.17) is 5.84 Å². The van der Waals surface area contributed by atoms with Gasteiger partial charge in [0.05, 0.1) is 5.69 Å². The quantitative estimate of drug-likeness (QED) is 0.562. The maximum Gasteiger partial charge on any atom is 0.265 e. The van der Waals surface area contributed by atoms with Crippen LogP contribution < -0.4 is 11.3 Å². The third kappa shape index (κ3) is 2.15. The molecule has 0 radical (unpaired) electrons. The van der Waals surface area contributed by atoms with Gasteiger partial charge >= 0.3 is 0 Å². The van der Waals surface area contributed by atoms with Crippen LogP contribution in [-0.2, 0) is 6.42 Å². The summed E-state index contributed by atoms with van der Waals surface area (Å²) in [6.45, 7) is 1.96. The van der Waals surface area contributed by atoms with E-state index in [0.717, 1.165) is 12.0 Å². The Morgan fingerprint density at radius 2 is 2.15 bits per heavy atom. The molecule has 0 unspecified atom stereocenters. The number of aryl methyl sites for hydroxylation is 1. The van der Waals surface area contributed by atoms with Crippen molar-refractivity contribution in [1.29, 1.82) is 0 Å². The number of anilines is 1. The molecule has 3 N–H and O–H groups in total. The predicted molar refractivity (Wildman–Crippen MR) is 48.6 cm³/mol. The Bertz CT molecular complexity index is 287. The monoisotopic (exact) mass is 186 g/mol. The average Bonchev–Trinajstić information content (AvgIpc) is 2.16. The fraction of sp³-hybridized carbons (Fsp3) is 0.333. The molecule has 0 bridgehead atoms. The number of nitrogen functional groups attached to an aromatic ring is 1. The highest BCUT2D eigenvalue weighted by molar-refractivity contribution is 5.53. The highest BCUT2D eigenvalue weighted by Gasteiger charge is 2.11. The lowest BCUT2D eigenvalue weighted by Gasteiger charge is -2.09. The Hall–Kier alpha value is -1.16. The molecule has 0 aromatic heterocycles. The molecule has 0 heterocycles. The van der Waals surface area contributed by atoms with E-state index in [2.05, 4.69) is 5.43 Å². The highest BCUT2D eigenvalue weighted by Crippen LogP contribution is 2.27. The summed E-state index contributed by atoms with van der Waals surface area (Å²) in [4.78, 5) is 0. The minimum Gasteiger partial charge on any atom is -0.324 e. The van der Waals surface area contributed by atoms with Crippen molar-refractivity contribution in [3.63, 3.8) is 0 Å². The van der Waals surface area contributed by atoms with Gasteiger partial charge in [0.25, 0.3) is 6.43 Å². The summed E-state index contributed by atoms with van der Waals surface area (Å²) in [5.74, 6) is 5.13. The lowest BCUT2D eigenvalue weighted by molar-refractivity contribution is 0.152. The number of halogens is 2. The van der Waals surface area contributed by atoms with E-state index in [9.17, 15) is 8.78 Å². The van der Waals surface area contributed by atoms with Gasteiger partial charge in [-0.2, -0.15) is 0 Å². The summed E-state index contributed by atoms with van der Waals surface area (Å²) in [5.41, 5.74) is 3.50. The highest BCUT2D eigenvalue weighted by atomic mass is 19.3. The van der Waals surface area contributed by atoms with E-state index in [1.165, 1.54) is 6.07 Å². The maximum absolute atomic E-state index is 12.4. The topological polar surface area (TPSA) is 38.0 Å². The van der Waals surface area contributed by atoms with E-state index in [1.807, 2.05) is 6.92 Å². The predicted octanol–water partition coefficient (Wildman–Crippen LogP) is 2.47. The van der Waals surface area contributed by atoms with E-state index in [-0.39, 0.29) is 5.56 Å². The van der Waals surface area contributed by atoms with Crippen LogP contribution >= 0.6 is 0 Å². The van der Waals surface area contributed by atoms with Crippen LogP contribution in [0.2, 0.25) is 0 Å². The van der Waals surface area contributed by atoms with Crippen molar-refractivity contribution >= 4 is 5.69 Å². The Kier molecular flexibility index (Phi) is 3.19. The largest absolute Gasteiger partial charge is 0.324 e. The van der Waals surface area contributed by atoms with Gasteiger partial charge in [-0.05, 0) is 18.1 Å². The van der Waals surface area contributed by atoms with Crippen molar-refractivity contribution in [2.45, 2.75) is 19.8 Å². The molecule has 0 spiro atoms. The Labute approximate surface area is 75.7 Å². The lowest BCUT2D eigenvalue weighted by atomic mass is 10.1. The molecule has 1 rings (SSSR count). The normalized spacial score (nSPS) is 10.5. The van der Waals surface area contributed by atoms with E-state index in [0.29, 0.717) is 5.69 Å². The maximum atomic E-state index is 12.4. The zero-order valence-corrected chi connectivity index (χ0v) is 7.35. The molecule has 0 saturated carbocycles. The van der Waals surface area contributed by atoms with Gasteiger partial charge in [-0.25, -0.2) is 8.78 Å². The Morgan fingerprint density at radius 3 is 2.62 bits per heavy atom. The van der Waals surface area contributed by atoms with Gasteiger partial charge in [0.1, 0.15) is 0 Å². The zero-order valence-electron chi connectivity index (χ0n) is 7.35. The van der Waals surface area contributed by atoms with Crippen molar-refractivity contribution in [2.75, 3.05) is 5.43 Å². The van der Waals surface area contributed by atoms with Crippen LogP contribution in [-0.4, -0.2) is 0 Å². The first-order valence-electron chi connectivity index (χ1n) is 4.06. The van der Waals surface area contributed by atoms with Gasteiger partial charge in [0, 0.05) is 5.56 Å². The molecule has 0 fully saturated rings. The molecule has 2 nitrogen and oxygen atoms in total. The van der Waals surface area contributed by atoms with E-state index < -0.39 is 6.43 Å². The molecule has 0 atom stereocenters. The summed E-state index contributed by atoms with van der Waals surface area (Å²) >= 11 is 0. The van der Waals surface area contributed by atoms with Crippen molar-refractivity contribution in [3.05, 3.63) is 29.3 Å². The number of hydrogen-bond acceptors (Lipinski definition) is 2. The molecule has 72 valence electrons. The average molecular weight is 186 g/mol. The zero-order chi connectivity index (χ0) is 9.84. The molecule has 1 aromatic carbocycles. The molecular formula is C9H12F2N2. The van der Waals surface area contributed by atoms with Crippen LogP contribution in [0, 0.1) is 0 Å². The lowest BCUT2D eigenvalue weighted by Crippen LogP contribution is -2.09. The Morgan fingerprint density at radius 1 is 1.46 bits per heavy atom. The number of hydrogen-bond donors (Lipinski definition) is 2. The number of alkyl halides is 2. The SMILES string of the molecule is CCc1ccc(C(F)F)c(NN)c1. The first-order chi connectivity index (χ1) is 6.19. The van der Waals surface area contributed by atoms with Gasteiger partial charge in [0.2, 0.25) is 0 Å². The third-order valence-corrected chi connectivity index (χ3v) is 1.92. The first kappa shape index (κ1) is 9.92. The van der Waals surface area contributed by atoms with E-state index in [1.54, 1.807) is 12.1 Å². The summed E-state index contributed by atoms with van der Waals surface area (Å²) in [7, 11) is 0. The number of benzene rings is 1. The fourth-order valence-corrected chi connectivity index (χ4v) is 1.14. The van der Waals surface area contributed by atoms with Crippen LogP contribution in [0.25, 0.3) is 0 Å². The second-order valence-electron chi connectivity index (χ2n) is 2.72. The second-order valence-corrected chi connectivity index (χ2v) is 2.72. The van der Waals surface area contributed by atoms with Crippen LogP contribution in [0.4, 0.5) is 14.5 Å². The molecule has 0 amide bonds. The smallest absolute Gasteiger partial charge is 0.265 e. The molecule has 0 aliphatic heterocycles. The standard InChI is InChI=1S/C9H12F2N2/c1-2-6-3-4-7(9(10)11)8(5-6)13-12/h3-5,9,13H,2,12H2,1H3. The number of nitrogens with one attached hydrogen (secondary N) is 1. The first-order valence-corrected chi connectivity index (χ1v) is 4.06. The van der Waals surface area contributed by atoms with Crippen molar-refractivity contribution < 1.29 is 8.78 Å². The summed E-state index contributed by atoms with van der Waals surface area (Å²) in [5, 5.41) is 0. The minimum absolute atomic E-state index is 0.0558. The van der Waals surface area contributed by atoms with Gasteiger partial charge in [-0.1, -0.05) is 19.1 Å². The molecule has 1 aromatic rings. The van der Waals surface area contributed by atoms with Gasteiger partial charge in [-0.15, -0.1) is 0 Å². The molecule has 0 saturated heterocycles. The van der Waals surface area contributed by atoms with Crippen molar-refractivity contribution in [3.8, 4) is 0 Å². The molecule has 4 heteroatoms. The van der Waals surface area contributed by atoms with Crippen molar-refractivity contribution in [2.24, 2.45) is 5.84 Å². The third-order valence-electron chi connectivity index (χ3n) is 1.92. The number of rotatable bonds is 3. The van der Waals surface area contributed by atoms with Crippen LogP contribution in [0.15, 0.2) is 18.2 Å². The second kappa shape index (κ2) is 4.18. The molecule has 13 heavy (non-hydrogen) atoms. The number of nitrogens with two attached hydrogens (primary N) is 1. The fourth-order valence-electron chi connectivity index (χ4n) is 1.14. The van der Waals surface area contributed by atoms with Crippen molar-refractivity contribution in [1.82, 2.24) is 0 Å². The molecule has 0 aliphatic carbocycles. The van der Waals surface area contributed by atoms with Gasteiger partial charge in [0.15, 0.2) is 0 Å². The summed E-state index contributed by atoms with van der Waals surface area (Å²) in [6.07, 6.45) is -1.69. The summed E-state index contributed by atoms with van der Waals surface area (Å²) in [6, 6.07) is 4.72. The molecular weight excluding hydrogens is 174 g/mol. The van der Waals surface area contributed by atoms with Gasteiger partial charge < -0.3 is 5.43 Å². The summed E-state index contributed by atoms with van der Waals surface area (Å²) < 4.78 is 24.7. The van der Waals surface area contributed by atoms with E-state index >= 15 is 0 Å². The van der Waals surface area contributed by atoms with Crippen LogP contribution in [0.1, 0.15) is 24.5 Å². The number of hydrazine groups is 1.